The molecule has 0 aromatic carbocycles. The van der Waals surface area contributed by atoms with Gasteiger partial charge in [-0.1, -0.05) is 6.42 Å². The maximum Gasteiger partial charge on any atom is 0.112 e. The number of aliphatic hydroxyl groups excluding tert-OH is 1. The Kier molecular flexibility index (Phi) is 4.22. The maximum absolute atomic E-state index is 10.5. The van der Waals surface area contributed by atoms with Crippen LogP contribution in [-0.4, -0.2) is 27.5 Å². The van der Waals surface area contributed by atoms with Crippen LogP contribution >= 0.6 is 15.9 Å². The van der Waals surface area contributed by atoms with E-state index in [2.05, 4.69) is 40.2 Å². The van der Waals surface area contributed by atoms with Crippen molar-refractivity contribution in [1.29, 1.82) is 0 Å². The summed E-state index contributed by atoms with van der Waals surface area (Å²) in [5, 5.41) is 18.2. The molecule has 2 N–H and O–H groups in total. The highest BCUT2D eigenvalue weighted by Crippen LogP contribution is 2.30. The Balaban J connectivity index is 2.22. The lowest BCUT2D eigenvalue weighted by Crippen LogP contribution is -2.39. The SMILES string of the molecule is CC(C)n1ncc(Br)c1C(O)C1CCCCN1. The summed E-state index contributed by atoms with van der Waals surface area (Å²) in [6.07, 6.45) is 4.68. The predicted octanol–water partition coefficient (Wildman–Crippen LogP) is 2.40. The van der Waals surface area contributed by atoms with Gasteiger partial charge < -0.3 is 10.4 Å². The monoisotopic (exact) mass is 301 g/mol. The number of hydrogen-bond donors (Lipinski definition) is 2. The molecule has 0 radical (unpaired) electrons. The molecule has 4 nitrogen and oxygen atoms in total. The van der Waals surface area contributed by atoms with E-state index in [0.717, 1.165) is 23.1 Å². The second-order valence-corrected chi connectivity index (χ2v) is 5.77. The topological polar surface area (TPSA) is 50.1 Å². The molecule has 1 aromatic heterocycles. The number of rotatable bonds is 3. The van der Waals surface area contributed by atoms with Gasteiger partial charge in [0.05, 0.1) is 16.4 Å². The first-order chi connectivity index (χ1) is 8.11. The summed E-state index contributed by atoms with van der Waals surface area (Å²) >= 11 is 3.48. The molecule has 1 saturated heterocycles. The van der Waals surface area contributed by atoms with Crippen LogP contribution in [0.3, 0.4) is 0 Å². The minimum Gasteiger partial charge on any atom is -0.385 e. The fourth-order valence-electron chi connectivity index (χ4n) is 2.38. The van der Waals surface area contributed by atoms with Crippen LogP contribution < -0.4 is 5.32 Å². The number of hydrogen-bond acceptors (Lipinski definition) is 3. The summed E-state index contributed by atoms with van der Waals surface area (Å²) in [5.41, 5.74) is 0.888. The Morgan fingerprint density at radius 1 is 1.53 bits per heavy atom. The lowest BCUT2D eigenvalue weighted by molar-refractivity contribution is 0.103. The third-order valence-corrected chi connectivity index (χ3v) is 3.90. The Morgan fingerprint density at radius 3 is 2.88 bits per heavy atom. The molecule has 2 rings (SSSR count). The van der Waals surface area contributed by atoms with E-state index in [9.17, 15) is 5.11 Å². The van der Waals surface area contributed by atoms with Gasteiger partial charge in [0.15, 0.2) is 0 Å². The lowest BCUT2D eigenvalue weighted by atomic mass is 9.98. The second-order valence-electron chi connectivity index (χ2n) is 4.92. The van der Waals surface area contributed by atoms with E-state index in [0.29, 0.717) is 0 Å². The minimum atomic E-state index is -0.491. The van der Waals surface area contributed by atoms with Gasteiger partial charge in [0.25, 0.3) is 0 Å². The molecule has 0 bridgehead atoms. The van der Waals surface area contributed by atoms with Gasteiger partial charge >= 0.3 is 0 Å². The molecule has 96 valence electrons. The van der Waals surface area contributed by atoms with Gasteiger partial charge in [0.1, 0.15) is 6.10 Å². The zero-order chi connectivity index (χ0) is 12.4. The maximum atomic E-state index is 10.5. The van der Waals surface area contributed by atoms with Crippen molar-refractivity contribution in [3.05, 3.63) is 16.4 Å². The number of aromatic nitrogens is 2. The third-order valence-electron chi connectivity index (χ3n) is 3.29. The largest absolute Gasteiger partial charge is 0.385 e. The van der Waals surface area contributed by atoms with Gasteiger partial charge in [-0.05, 0) is 49.2 Å². The molecule has 0 amide bonds. The third kappa shape index (κ3) is 2.72. The first kappa shape index (κ1) is 13.1. The second kappa shape index (κ2) is 5.50. The summed E-state index contributed by atoms with van der Waals surface area (Å²) in [7, 11) is 0. The van der Waals surface area contributed by atoms with E-state index in [-0.39, 0.29) is 12.1 Å². The van der Waals surface area contributed by atoms with Crippen molar-refractivity contribution in [2.45, 2.75) is 51.3 Å². The van der Waals surface area contributed by atoms with Crippen molar-refractivity contribution < 1.29 is 5.11 Å². The Morgan fingerprint density at radius 2 is 2.29 bits per heavy atom. The minimum absolute atomic E-state index is 0.147. The van der Waals surface area contributed by atoms with Gasteiger partial charge in [-0.2, -0.15) is 5.10 Å². The van der Waals surface area contributed by atoms with E-state index in [1.807, 2.05) is 4.68 Å². The van der Waals surface area contributed by atoms with E-state index < -0.39 is 6.10 Å². The van der Waals surface area contributed by atoms with Crippen LogP contribution in [-0.2, 0) is 0 Å². The highest BCUT2D eigenvalue weighted by atomic mass is 79.9. The highest BCUT2D eigenvalue weighted by Gasteiger charge is 2.28. The smallest absolute Gasteiger partial charge is 0.112 e. The molecule has 2 unspecified atom stereocenters. The molecule has 1 aromatic rings. The Hall–Kier alpha value is -0.390. The van der Waals surface area contributed by atoms with Gasteiger partial charge in [-0.3, -0.25) is 4.68 Å². The number of nitrogens with zero attached hydrogens (tertiary/aromatic N) is 2. The fourth-order valence-corrected chi connectivity index (χ4v) is 2.89. The van der Waals surface area contributed by atoms with Gasteiger partial charge in [-0.25, -0.2) is 0 Å². The van der Waals surface area contributed by atoms with E-state index in [1.54, 1.807) is 6.20 Å². The Labute approximate surface area is 111 Å². The van der Waals surface area contributed by atoms with Crippen LogP contribution in [0.2, 0.25) is 0 Å². The standard InChI is InChI=1S/C12H20BrN3O/c1-8(2)16-11(9(13)7-15-16)12(17)10-5-3-4-6-14-10/h7-8,10,12,14,17H,3-6H2,1-2H3. The predicted molar refractivity (Wildman–Crippen MR) is 70.9 cm³/mol. The summed E-state index contributed by atoms with van der Waals surface area (Å²) in [4.78, 5) is 0. The highest BCUT2D eigenvalue weighted by molar-refractivity contribution is 9.10. The molecule has 0 aliphatic carbocycles. The molecule has 0 spiro atoms. The molecular formula is C12H20BrN3O. The van der Waals surface area contributed by atoms with Crippen LogP contribution in [0.25, 0.3) is 0 Å². The number of piperidine rings is 1. The molecular weight excluding hydrogens is 282 g/mol. The van der Waals surface area contributed by atoms with Crippen molar-refractivity contribution in [3.8, 4) is 0 Å². The average Bonchev–Trinajstić information content (AvgIpc) is 2.71. The van der Waals surface area contributed by atoms with Crippen molar-refractivity contribution in [3.63, 3.8) is 0 Å². The first-order valence-corrected chi connectivity index (χ1v) is 7.05. The zero-order valence-corrected chi connectivity index (χ0v) is 11.9. The van der Waals surface area contributed by atoms with Crippen LogP contribution in [0, 0.1) is 0 Å². The van der Waals surface area contributed by atoms with Crippen molar-refractivity contribution >= 4 is 15.9 Å². The van der Waals surface area contributed by atoms with Crippen LogP contribution in [0.5, 0.6) is 0 Å². The molecule has 17 heavy (non-hydrogen) atoms. The molecule has 2 atom stereocenters. The van der Waals surface area contributed by atoms with Crippen molar-refractivity contribution in [2.75, 3.05) is 6.54 Å². The average molecular weight is 302 g/mol. The number of halogens is 1. The van der Waals surface area contributed by atoms with Crippen LogP contribution in [0.15, 0.2) is 10.7 Å². The van der Waals surface area contributed by atoms with E-state index in [4.69, 9.17) is 0 Å². The van der Waals surface area contributed by atoms with Gasteiger partial charge in [0.2, 0.25) is 0 Å². The lowest BCUT2D eigenvalue weighted by Gasteiger charge is -2.29. The fraction of sp³-hybridized carbons (Fsp3) is 0.750. The molecule has 1 aliphatic rings. The quantitative estimate of drug-likeness (QED) is 0.901. The normalized spacial score (nSPS) is 23.0. The first-order valence-electron chi connectivity index (χ1n) is 6.25. The molecule has 5 heteroatoms. The van der Waals surface area contributed by atoms with Crippen molar-refractivity contribution in [1.82, 2.24) is 15.1 Å². The molecule has 2 heterocycles. The zero-order valence-electron chi connectivity index (χ0n) is 10.4. The summed E-state index contributed by atoms with van der Waals surface area (Å²) in [6, 6.07) is 0.406. The summed E-state index contributed by atoms with van der Waals surface area (Å²) < 4.78 is 2.79. The van der Waals surface area contributed by atoms with E-state index in [1.165, 1.54) is 12.8 Å². The van der Waals surface area contributed by atoms with Gasteiger partial charge in [0, 0.05) is 12.1 Å². The van der Waals surface area contributed by atoms with Crippen LogP contribution in [0.1, 0.15) is 50.9 Å². The summed E-state index contributed by atoms with van der Waals surface area (Å²) in [6.45, 7) is 5.14. The number of nitrogens with one attached hydrogen (secondary N) is 1. The Bertz CT molecular complexity index is 372. The van der Waals surface area contributed by atoms with E-state index >= 15 is 0 Å². The van der Waals surface area contributed by atoms with Crippen molar-refractivity contribution in [2.24, 2.45) is 0 Å². The molecule has 1 aliphatic heterocycles. The van der Waals surface area contributed by atoms with Gasteiger partial charge in [-0.15, -0.1) is 0 Å². The van der Waals surface area contributed by atoms with Crippen LogP contribution in [0.4, 0.5) is 0 Å². The molecule has 0 saturated carbocycles. The molecule has 1 fully saturated rings. The summed E-state index contributed by atoms with van der Waals surface area (Å²) in [5.74, 6) is 0. The number of aliphatic hydroxyl groups is 1.